The fourth-order valence-electron chi connectivity index (χ4n) is 0.903. The zero-order chi connectivity index (χ0) is 8.81. The standard InChI is InChI=1S/C8H13NOS2/c9-4-7-12(10)6-3-8-2-1-5-11-8/h1-2,5H,3-4,6-7,9H2. The molecule has 1 atom stereocenters. The first-order valence-corrected chi connectivity index (χ1v) is 6.27. The zero-order valence-corrected chi connectivity index (χ0v) is 8.50. The number of hydrogen-bond acceptors (Lipinski definition) is 3. The topological polar surface area (TPSA) is 43.1 Å². The molecular formula is C8H13NOS2. The van der Waals surface area contributed by atoms with Gasteiger partial charge in [-0.25, -0.2) is 0 Å². The number of aryl methyl sites for hydroxylation is 1. The minimum Gasteiger partial charge on any atom is -0.330 e. The van der Waals surface area contributed by atoms with Crippen LogP contribution in [0.25, 0.3) is 0 Å². The second-order valence-electron chi connectivity index (χ2n) is 2.47. The van der Waals surface area contributed by atoms with Crippen LogP contribution in [0.2, 0.25) is 0 Å². The van der Waals surface area contributed by atoms with Crippen molar-refractivity contribution in [1.82, 2.24) is 0 Å². The van der Waals surface area contributed by atoms with E-state index in [1.165, 1.54) is 4.88 Å². The van der Waals surface area contributed by atoms with Crippen LogP contribution < -0.4 is 5.73 Å². The predicted molar refractivity (Wildman–Crippen MR) is 55.0 cm³/mol. The molecule has 0 radical (unpaired) electrons. The highest BCUT2D eigenvalue weighted by Gasteiger charge is 1.99. The first-order chi connectivity index (χ1) is 5.83. The lowest BCUT2D eigenvalue weighted by atomic mass is 10.4. The van der Waals surface area contributed by atoms with Gasteiger partial charge < -0.3 is 5.73 Å². The van der Waals surface area contributed by atoms with Crippen LogP contribution in [-0.4, -0.2) is 22.3 Å². The van der Waals surface area contributed by atoms with Gasteiger partial charge in [0.25, 0.3) is 0 Å². The van der Waals surface area contributed by atoms with Crippen molar-refractivity contribution in [3.05, 3.63) is 22.4 Å². The first-order valence-electron chi connectivity index (χ1n) is 3.90. The molecule has 1 heterocycles. The maximum Gasteiger partial charge on any atom is 0.0357 e. The molecule has 0 aliphatic heterocycles. The summed E-state index contributed by atoms with van der Waals surface area (Å²) >= 11 is 1.72. The molecule has 1 unspecified atom stereocenters. The monoisotopic (exact) mass is 203 g/mol. The predicted octanol–water partition coefficient (Wildman–Crippen LogP) is 0.998. The summed E-state index contributed by atoms with van der Waals surface area (Å²) in [4.78, 5) is 1.31. The molecule has 0 saturated heterocycles. The smallest absolute Gasteiger partial charge is 0.0357 e. The molecule has 2 N–H and O–H groups in total. The lowest BCUT2D eigenvalue weighted by molar-refractivity contribution is 0.682. The van der Waals surface area contributed by atoms with Gasteiger partial charge in [0.1, 0.15) is 0 Å². The van der Waals surface area contributed by atoms with Crippen molar-refractivity contribution in [3.8, 4) is 0 Å². The van der Waals surface area contributed by atoms with Gasteiger partial charge in [0, 0.05) is 33.7 Å². The molecule has 4 heteroatoms. The average Bonchev–Trinajstić information content (AvgIpc) is 2.53. The molecule has 0 aliphatic carbocycles. The van der Waals surface area contributed by atoms with E-state index in [9.17, 15) is 4.21 Å². The highest BCUT2D eigenvalue weighted by atomic mass is 32.2. The molecule has 1 rings (SSSR count). The van der Waals surface area contributed by atoms with E-state index in [1.54, 1.807) is 11.3 Å². The Labute approximate surface area is 79.2 Å². The zero-order valence-electron chi connectivity index (χ0n) is 6.86. The number of thiophene rings is 1. The summed E-state index contributed by atoms with van der Waals surface area (Å²) in [7, 11) is -0.723. The second kappa shape index (κ2) is 5.45. The Morgan fingerprint density at radius 3 is 2.92 bits per heavy atom. The Bertz CT molecular complexity index is 233. The summed E-state index contributed by atoms with van der Waals surface area (Å²) < 4.78 is 11.2. The van der Waals surface area contributed by atoms with Gasteiger partial charge in [-0.1, -0.05) is 6.07 Å². The Balaban J connectivity index is 2.22. The minimum atomic E-state index is -0.723. The van der Waals surface area contributed by atoms with Gasteiger partial charge in [0.05, 0.1) is 0 Å². The van der Waals surface area contributed by atoms with Crippen LogP contribution in [0.15, 0.2) is 17.5 Å². The highest BCUT2D eigenvalue weighted by Crippen LogP contribution is 2.09. The first kappa shape index (κ1) is 9.89. The molecule has 0 aromatic carbocycles. The quantitative estimate of drug-likeness (QED) is 0.776. The average molecular weight is 203 g/mol. The van der Waals surface area contributed by atoms with Crippen LogP contribution in [0.3, 0.4) is 0 Å². The molecule has 0 spiro atoms. The van der Waals surface area contributed by atoms with E-state index in [0.717, 1.165) is 12.2 Å². The van der Waals surface area contributed by atoms with Crippen LogP contribution in [0.4, 0.5) is 0 Å². The van der Waals surface area contributed by atoms with Gasteiger partial charge in [-0.3, -0.25) is 4.21 Å². The van der Waals surface area contributed by atoms with Crippen molar-refractivity contribution in [2.75, 3.05) is 18.1 Å². The van der Waals surface area contributed by atoms with E-state index in [1.807, 2.05) is 11.4 Å². The van der Waals surface area contributed by atoms with E-state index < -0.39 is 10.8 Å². The van der Waals surface area contributed by atoms with Crippen molar-refractivity contribution >= 4 is 22.1 Å². The van der Waals surface area contributed by atoms with Crippen molar-refractivity contribution < 1.29 is 4.21 Å². The molecule has 0 saturated carbocycles. The molecule has 1 aromatic rings. The summed E-state index contributed by atoms with van der Waals surface area (Å²) in [5.74, 6) is 1.38. The van der Waals surface area contributed by atoms with Gasteiger partial charge in [0.15, 0.2) is 0 Å². The normalized spacial score (nSPS) is 13.1. The molecule has 0 fully saturated rings. The summed E-state index contributed by atoms with van der Waals surface area (Å²) in [5, 5.41) is 2.04. The Morgan fingerprint density at radius 2 is 2.33 bits per heavy atom. The summed E-state index contributed by atoms with van der Waals surface area (Å²) in [6.07, 6.45) is 0.921. The van der Waals surface area contributed by atoms with E-state index >= 15 is 0 Å². The maximum absolute atomic E-state index is 11.2. The SMILES string of the molecule is NCCS(=O)CCc1cccs1. The molecule has 12 heavy (non-hydrogen) atoms. The van der Waals surface area contributed by atoms with Crippen molar-refractivity contribution in [3.63, 3.8) is 0 Å². The van der Waals surface area contributed by atoms with Crippen molar-refractivity contribution in [2.45, 2.75) is 6.42 Å². The van der Waals surface area contributed by atoms with Crippen LogP contribution in [-0.2, 0) is 17.2 Å². The third-order valence-electron chi connectivity index (χ3n) is 1.50. The van der Waals surface area contributed by atoms with Gasteiger partial charge in [-0.15, -0.1) is 11.3 Å². The molecule has 0 aliphatic rings. The fraction of sp³-hybridized carbons (Fsp3) is 0.500. The third kappa shape index (κ3) is 3.47. The molecule has 2 nitrogen and oxygen atoms in total. The minimum absolute atomic E-state index is 0.525. The van der Waals surface area contributed by atoms with Gasteiger partial charge >= 0.3 is 0 Å². The van der Waals surface area contributed by atoms with E-state index in [4.69, 9.17) is 5.73 Å². The van der Waals surface area contributed by atoms with Crippen LogP contribution >= 0.6 is 11.3 Å². The third-order valence-corrected chi connectivity index (χ3v) is 3.79. The molecule has 1 aromatic heterocycles. The molecule has 68 valence electrons. The maximum atomic E-state index is 11.2. The lowest BCUT2D eigenvalue weighted by Crippen LogP contribution is -2.13. The summed E-state index contributed by atoms with van der Waals surface area (Å²) in [6.45, 7) is 0.525. The van der Waals surface area contributed by atoms with E-state index in [-0.39, 0.29) is 0 Å². The van der Waals surface area contributed by atoms with E-state index in [0.29, 0.717) is 12.3 Å². The Morgan fingerprint density at radius 1 is 1.50 bits per heavy atom. The fourth-order valence-corrected chi connectivity index (χ4v) is 2.66. The van der Waals surface area contributed by atoms with Crippen molar-refractivity contribution in [1.29, 1.82) is 0 Å². The summed E-state index contributed by atoms with van der Waals surface area (Å²) in [6, 6.07) is 4.09. The Hall–Kier alpha value is -0.190. The van der Waals surface area contributed by atoms with Crippen LogP contribution in [0.1, 0.15) is 4.88 Å². The summed E-state index contributed by atoms with van der Waals surface area (Å²) in [5.41, 5.74) is 5.29. The Kier molecular flexibility index (Phi) is 4.50. The lowest BCUT2D eigenvalue weighted by Gasteiger charge is -1.97. The van der Waals surface area contributed by atoms with Gasteiger partial charge in [-0.2, -0.15) is 0 Å². The molecule has 0 amide bonds. The highest BCUT2D eigenvalue weighted by molar-refractivity contribution is 7.85. The van der Waals surface area contributed by atoms with E-state index in [2.05, 4.69) is 6.07 Å². The van der Waals surface area contributed by atoms with Gasteiger partial charge in [-0.05, 0) is 17.9 Å². The largest absolute Gasteiger partial charge is 0.330 e. The number of rotatable bonds is 5. The van der Waals surface area contributed by atoms with Gasteiger partial charge in [0.2, 0.25) is 0 Å². The number of hydrogen-bond donors (Lipinski definition) is 1. The number of nitrogens with two attached hydrogens (primary N) is 1. The van der Waals surface area contributed by atoms with Crippen molar-refractivity contribution in [2.24, 2.45) is 5.73 Å². The second-order valence-corrected chi connectivity index (χ2v) is 5.19. The van der Waals surface area contributed by atoms with Crippen LogP contribution in [0, 0.1) is 0 Å². The molecule has 0 bridgehead atoms. The van der Waals surface area contributed by atoms with Crippen LogP contribution in [0.5, 0.6) is 0 Å². The molecular weight excluding hydrogens is 190 g/mol.